The first kappa shape index (κ1) is 17.4. The largest absolute Gasteiger partial charge is 0.870 e. The summed E-state index contributed by atoms with van der Waals surface area (Å²) in [5.74, 6) is 0. The van der Waals surface area contributed by atoms with Gasteiger partial charge in [0, 0.05) is 5.56 Å². The van der Waals surface area contributed by atoms with E-state index in [1.165, 1.54) is 5.56 Å². The minimum absolute atomic E-state index is 0. The maximum Gasteiger partial charge on any atom is 0.508 e. The predicted octanol–water partition coefficient (Wildman–Crippen LogP) is 2.26. The maximum absolute atomic E-state index is 10.0. The molecule has 108 valence electrons. The van der Waals surface area contributed by atoms with Crippen LogP contribution in [0.5, 0.6) is 0 Å². The topological polar surface area (TPSA) is 65.5 Å². The first-order valence-corrected chi connectivity index (χ1v) is 6.04. The van der Waals surface area contributed by atoms with Crippen LogP contribution in [0.4, 0.5) is 4.79 Å². The van der Waals surface area contributed by atoms with E-state index in [0.29, 0.717) is 6.61 Å². The lowest BCUT2D eigenvalue weighted by atomic mass is 10.2. The lowest BCUT2D eigenvalue weighted by Crippen LogP contribution is -2.33. The predicted molar refractivity (Wildman–Crippen MR) is 72.0 cm³/mol. The summed E-state index contributed by atoms with van der Waals surface area (Å²) >= 11 is 0. The zero-order valence-corrected chi connectivity index (χ0v) is 12.0. The van der Waals surface area contributed by atoms with Crippen LogP contribution in [0.1, 0.15) is 12.5 Å². The van der Waals surface area contributed by atoms with Crippen LogP contribution in [0.3, 0.4) is 0 Å². The normalized spacial score (nSPS) is 17.5. The second-order valence-corrected chi connectivity index (χ2v) is 5.42. The van der Waals surface area contributed by atoms with Crippen molar-refractivity contribution in [3.05, 3.63) is 35.9 Å². The molecule has 1 aliphatic rings. The van der Waals surface area contributed by atoms with Crippen molar-refractivity contribution in [1.82, 2.24) is 0 Å². The smallest absolute Gasteiger partial charge is 0.508 e. The molecule has 0 aliphatic carbocycles. The van der Waals surface area contributed by atoms with Crippen molar-refractivity contribution in [2.75, 3.05) is 27.7 Å². The summed E-state index contributed by atoms with van der Waals surface area (Å²) in [5, 5.41) is 0. The standard InChI is InChI=1S/C10H16N.C4H6O3.H2O/c1-11(2,3)9-10-7-5-4-6-8-10;1-3-2-6-4(5)7-3;/h4-8H,9H2,1-3H3;3H,2H2,1H3;1H2/q+1;;/p-1. The summed E-state index contributed by atoms with van der Waals surface area (Å²) in [6.45, 7) is 3.28. The molecule has 5 nitrogen and oxygen atoms in total. The number of nitrogens with zero attached hydrogens (tertiary/aromatic N) is 1. The van der Waals surface area contributed by atoms with Crippen molar-refractivity contribution in [2.24, 2.45) is 0 Å². The fourth-order valence-corrected chi connectivity index (χ4v) is 1.55. The Bertz CT molecular complexity index is 373. The Balaban J connectivity index is 0.000000352. The number of benzene rings is 1. The number of carbonyl (C=O) groups excluding carboxylic acids is 1. The second-order valence-electron chi connectivity index (χ2n) is 5.42. The minimum Gasteiger partial charge on any atom is -0.870 e. The Morgan fingerprint density at radius 3 is 2.11 bits per heavy atom. The van der Waals surface area contributed by atoms with Crippen molar-refractivity contribution in [2.45, 2.75) is 19.6 Å². The van der Waals surface area contributed by atoms with Gasteiger partial charge in [-0.15, -0.1) is 0 Å². The molecule has 1 unspecified atom stereocenters. The van der Waals surface area contributed by atoms with Crippen LogP contribution in [0.2, 0.25) is 0 Å². The third kappa shape index (κ3) is 8.18. The number of carbonyl (C=O) groups is 1. The maximum atomic E-state index is 10.0. The summed E-state index contributed by atoms with van der Waals surface area (Å²) in [6, 6.07) is 10.6. The van der Waals surface area contributed by atoms with Crippen LogP contribution >= 0.6 is 0 Å². The van der Waals surface area contributed by atoms with E-state index in [1.807, 2.05) is 0 Å². The second kappa shape index (κ2) is 7.76. The molecule has 1 aliphatic heterocycles. The van der Waals surface area contributed by atoms with E-state index >= 15 is 0 Å². The SMILES string of the molecule is CC1COC(=O)O1.C[N+](C)(C)Cc1ccccc1.[OH-]. The highest BCUT2D eigenvalue weighted by molar-refractivity contribution is 5.61. The summed E-state index contributed by atoms with van der Waals surface area (Å²) in [6.07, 6.45) is -0.597. The molecule has 1 aromatic rings. The number of quaternary nitrogens is 1. The molecule has 1 N–H and O–H groups in total. The number of rotatable bonds is 2. The van der Waals surface area contributed by atoms with Gasteiger partial charge in [0.2, 0.25) is 0 Å². The van der Waals surface area contributed by atoms with Crippen LogP contribution in [0.25, 0.3) is 0 Å². The summed E-state index contributed by atoms with van der Waals surface area (Å²) in [7, 11) is 6.60. The number of cyclic esters (lactones) is 2. The van der Waals surface area contributed by atoms with Gasteiger partial charge in [0.1, 0.15) is 19.3 Å². The molecule has 0 bridgehead atoms. The molecule has 1 aromatic carbocycles. The first-order valence-electron chi connectivity index (χ1n) is 6.04. The highest BCUT2D eigenvalue weighted by Gasteiger charge is 2.19. The summed E-state index contributed by atoms with van der Waals surface area (Å²) in [4.78, 5) is 10.0. The van der Waals surface area contributed by atoms with Crippen LogP contribution in [0, 0.1) is 0 Å². The van der Waals surface area contributed by atoms with Gasteiger partial charge in [0.25, 0.3) is 0 Å². The van der Waals surface area contributed by atoms with E-state index < -0.39 is 6.16 Å². The van der Waals surface area contributed by atoms with Crippen LogP contribution in [-0.2, 0) is 16.0 Å². The molecule has 0 amide bonds. The van der Waals surface area contributed by atoms with E-state index in [1.54, 1.807) is 6.92 Å². The van der Waals surface area contributed by atoms with Gasteiger partial charge in [0.15, 0.2) is 0 Å². The molecule has 1 atom stereocenters. The average molecular weight is 269 g/mol. The van der Waals surface area contributed by atoms with Gasteiger partial charge in [-0.2, -0.15) is 0 Å². The van der Waals surface area contributed by atoms with Crippen molar-refractivity contribution >= 4 is 6.16 Å². The molecule has 2 rings (SSSR count). The molecule has 0 saturated carbocycles. The molecular weight excluding hydrogens is 246 g/mol. The van der Waals surface area contributed by atoms with E-state index in [-0.39, 0.29) is 11.6 Å². The summed E-state index contributed by atoms with van der Waals surface area (Å²) < 4.78 is 9.89. The van der Waals surface area contributed by atoms with Crippen molar-refractivity contribution in [3.63, 3.8) is 0 Å². The molecule has 19 heavy (non-hydrogen) atoms. The highest BCUT2D eigenvalue weighted by Crippen LogP contribution is 2.05. The Morgan fingerprint density at radius 2 is 1.79 bits per heavy atom. The van der Waals surface area contributed by atoms with Crippen LogP contribution < -0.4 is 0 Å². The van der Waals surface area contributed by atoms with Gasteiger partial charge in [-0.1, -0.05) is 30.3 Å². The van der Waals surface area contributed by atoms with E-state index in [4.69, 9.17) is 0 Å². The lowest BCUT2D eigenvalue weighted by Gasteiger charge is -2.23. The molecule has 0 spiro atoms. The van der Waals surface area contributed by atoms with Gasteiger partial charge in [0.05, 0.1) is 21.1 Å². The Morgan fingerprint density at radius 1 is 1.21 bits per heavy atom. The highest BCUT2D eigenvalue weighted by atomic mass is 16.8. The lowest BCUT2D eigenvalue weighted by molar-refractivity contribution is -0.884. The third-order valence-electron chi connectivity index (χ3n) is 2.23. The molecular formula is C14H23NO4. The first-order chi connectivity index (χ1) is 8.37. The van der Waals surface area contributed by atoms with Gasteiger partial charge in [-0.3, -0.25) is 0 Å². The van der Waals surface area contributed by atoms with E-state index in [2.05, 4.69) is 60.9 Å². The van der Waals surface area contributed by atoms with Crippen LogP contribution in [0.15, 0.2) is 30.3 Å². The minimum atomic E-state index is -0.549. The van der Waals surface area contributed by atoms with Gasteiger partial charge >= 0.3 is 6.16 Å². The van der Waals surface area contributed by atoms with E-state index in [9.17, 15) is 4.79 Å². The molecule has 1 fully saturated rings. The fourth-order valence-electron chi connectivity index (χ4n) is 1.55. The Kier molecular flexibility index (Phi) is 7.11. The molecule has 1 heterocycles. The third-order valence-corrected chi connectivity index (χ3v) is 2.23. The molecule has 5 heteroatoms. The van der Waals surface area contributed by atoms with Crippen LogP contribution in [-0.4, -0.2) is 50.0 Å². The molecule has 0 radical (unpaired) electrons. The quantitative estimate of drug-likeness (QED) is 0.610. The molecule has 0 aromatic heterocycles. The summed E-state index contributed by atoms with van der Waals surface area (Å²) in [5.41, 5.74) is 1.40. The molecule has 1 saturated heterocycles. The fraction of sp³-hybridized carbons (Fsp3) is 0.500. The van der Waals surface area contributed by atoms with Gasteiger partial charge in [-0.05, 0) is 6.92 Å². The van der Waals surface area contributed by atoms with Crippen molar-refractivity contribution in [1.29, 1.82) is 0 Å². The number of hydrogen-bond acceptors (Lipinski definition) is 4. The number of ether oxygens (including phenoxy) is 2. The zero-order chi connectivity index (χ0) is 13.6. The Labute approximate surface area is 114 Å². The van der Waals surface area contributed by atoms with Gasteiger partial charge < -0.3 is 19.4 Å². The van der Waals surface area contributed by atoms with Crippen molar-refractivity contribution < 1.29 is 24.2 Å². The van der Waals surface area contributed by atoms with Crippen molar-refractivity contribution in [3.8, 4) is 0 Å². The Hall–Kier alpha value is -1.59. The van der Waals surface area contributed by atoms with E-state index in [0.717, 1.165) is 11.0 Å². The number of hydrogen-bond donors (Lipinski definition) is 0. The average Bonchev–Trinajstić information content (AvgIpc) is 2.62. The monoisotopic (exact) mass is 269 g/mol. The van der Waals surface area contributed by atoms with Gasteiger partial charge in [-0.25, -0.2) is 4.79 Å². The zero-order valence-electron chi connectivity index (χ0n) is 12.0.